The Hall–Kier alpha value is -2.43. The molecule has 0 atom stereocenters. The van der Waals surface area contributed by atoms with Gasteiger partial charge in [-0.05, 0) is 38.8 Å². The number of H-pyrrole nitrogens is 1. The first-order chi connectivity index (χ1) is 9.31. The van der Waals surface area contributed by atoms with Gasteiger partial charge in [-0.25, -0.2) is 9.59 Å². The highest BCUT2D eigenvalue weighted by atomic mass is 16.4. The van der Waals surface area contributed by atoms with Gasteiger partial charge in [-0.15, -0.1) is 0 Å². The minimum absolute atomic E-state index is 0.0413. The Labute approximate surface area is 116 Å². The normalized spacial score (nSPS) is 10.6. The highest BCUT2D eigenvalue weighted by Crippen LogP contribution is 2.29. The molecule has 0 unspecified atom stereocenters. The summed E-state index contributed by atoms with van der Waals surface area (Å²) >= 11 is 0. The van der Waals surface area contributed by atoms with E-state index < -0.39 is 11.7 Å². The minimum Gasteiger partial charge on any atom is -0.478 e. The first kappa shape index (κ1) is 14.0. The van der Waals surface area contributed by atoms with Gasteiger partial charge in [0.25, 0.3) is 0 Å². The molecule has 0 bridgehead atoms. The second kappa shape index (κ2) is 4.92. The van der Waals surface area contributed by atoms with Crippen LogP contribution >= 0.6 is 0 Å². The molecular weight excluding hydrogens is 256 g/mol. The number of aromatic amines is 1. The zero-order valence-corrected chi connectivity index (χ0v) is 11.9. The van der Waals surface area contributed by atoms with E-state index >= 15 is 0 Å². The maximum atomic E-state index is 11.6. The zero-order valence-electron chi connectivity index (χ0n) is 11.9. The van der Waals surface area contributed by atoms with Crippen molar-refractivity contribution in [2.75, 3.05) is 0 Å². The molecule has 1 heterocycles. The van der Waals surface area contributed by atoms with E-state index in [4.69, 9.17) is 0 Å². The molecule has 0 aliphatic carbocycles. The van der Waals surface area contributed by atoms with Gasteiger partial charge in [0, 0.05) is 11.3 Å². The first-order valence-electron chi connectivity index (χ1n) is 6.23. The Morgan fingerprint density at radius 2 is 1.70 bits per heavy atom. The van der Waals surface area contributed by atoms with Crippen molar-refractivity contribution in [2.24, 2.45) is 0 Å². The van der Waals surface area contributed by atoms with Gasteiger partial charge in [-0.1, -0.05) is 17.7 Å². The molecule has 20 heavy (non-hydrogen) atoms. The average Bonchev–Trinajstić information content (AvgIpc) is 2.25. The molecule has 0 fully saturated rings. The Bertz CT molecular complexity index is 737. The molecule has 0 spiro atoms. The number of aryl methyl sites for hydroxylation is 4. The highest BCUT2D eigenvalue weighted by Gasteiger charge is 2.20. The summed E-state index contributed by atoms with van der Waals surface area (Å²) in [5, 5.41) is 9.37. The predicted molar refractivity (Wildman–Crippen MR) is 76.2 cm³/mol. The van der Waals surface area contributed by atoms with Crippen molar-refractivity contribution in [3.05, 3.63) is 50.6 Å². The van der Waals surface area contributed by atoms with E-state index in [1.54, 1.807) is 6.92 Å². The molecule has 5 nitrogen and oxygen atoms in total. The Kier molecular flexibility index (Phi) is 3.44. The fraction of sp³-hybridized carbons (Fsp3) is 0.267. The number of hydrogen-bond acceptors (Lipinski definition) is 3. The summed E-state index contributed by atoms with van der Waals surface area (Å²) in [5.41, 5.74) is 3.65. The van der Waals surface area contributed by atoms with Crippen molar-refractivity contribution in [2.45, 2.75) is 27.7 Å². The highest BCUT2D eigenvalue weighted by molar-refractivity contribution is 5.96. The van der Waals surface area contributed by atoms with E-state index in [9.17, 15) is 14.7 Å². The molecule has 2 aromatic rings. The van der Waals surface area contributed by atoms with Crippen LogP contribution in [0.2, 0.25) is 0 Å². The molecule has 104 valence electrons. The number of benzene rings is 1. The van der Waals surface area contributed by atoms with Gasteiger partial charge in [0.2, 0.25) is 0 Å². The van der Waals surface area contributed by atoms with Crippen molar-refractivity contribution in [1.29, 1.82) is 0 Å². The molecule has 0 saturated heterocycles. The van der Waals surface area contributed by atoms with E-state index in [1.165, 1.54) is 0 Å². The lowest BCUT2D eigenvalue weighted by Crippen LogP contribution is -2.19. The van der Waals surface area contributed by atoms with Crippen molar-refractivity contribution in [3.63, 3.8) is 0 Å². The van der Waals surface area contributed by atoms with Crippen LogP contribution in [0.3, 0.4) is 0 Å². The summed E-state index contributed by atoms with van der Waals surface area (Å²) in [6.45, 7) is 7.31. The number of carbonyl (C=O) groups is 1. The fourth-order valence-corrected chi connectivity index (χ4v) is 2.58. The molecule has 0 radical (unpaired) electrons. The Morgan fingerprint density at radius 1 is 1.15 bits per heavy atom. The average molecular weight is 272 g/mol. The van der Waals surface area contributed by atoms with Gasteiger partial charge < -0.3 is 10.1 Å². The van der Waals surface area contributed by atoms with Gasteiger partial charge in [0.15, 0.2) is 0 Å². The molecule has 0 aliphatic heterocycles. The van der Waals surface area contributed by atoms with E-state index in [1.807, 2.05) is 32.9 Å². The van der Waals surface area contributed by atoms with Gasteiger partial charge in [0.1, 0.15) is 5.56 Å². The van der Waals surface area contributed by atoms with Crippen LogP contribution in [0.15, 0.2) is 16.9 Å². The van der Waals surface area contributed by atoms with Crippen LogP contribution < -0.4 is 5.69 Å². The van der Waals surface area contributed by atoms with Crippen LogP contribution in [0, 0.1) is 27.7 Å². The van der Waals surface area contributed by atoms with E-state index in [-0.39, 0.29) is 11.3 Å². The van der Waals surface area contributed by atoms with Gasteiger partial charge >= 0.3 is 11.7 Å². The van der Waals surface area contributed by atoms with Crippen LogP contribution in [0.4, 0.5) is 0 Å². The number of hydrogen-bond donors (Lipinski definition) is 2. The van der Waals surface area contributed by atoms with Gasteiger partial charge in [-0.3, -0.25) is 0 Å². The third kappa shape index (κ3) is 2.34. The molecule has 2 N–H and O–H groups in total. The fourth-order valence-electron chi connectivity index (χ4n) is 2.58. The van der Waals surface area contributed by atoms with Crippen LogP contribution in [0.1, 0.15) is 32.7 Å². The van der Waals surface area contributed by atoms with Crippen LogP contribution in [-0.4, -0.2) is 21.0 Å². The second-order valence-corrected chi connectivity index (χ2v) is 4.97. The summed E-state index contributed by atoms with van der Waals surface area (Å²) in [6, 6.07) is 3.90. The number of nitrogens with one attached hydrogen (secondary N) is 1. The standard InChI is InChI=1S/C15H16N2O3/c1-7-5-8(2)11(9(3)6-7)13-12(14(18)19)10(4)16-15(20)17-13/h5-6H,1-4H3,(H,18,19)(H,16,17,20). The van der Waals surface area contributed by atoms with Crippen molar-refractivity contribution in [1.82, 2.24) is 9.97 Å². The molecule has 0 amide bonds. The second-order valence-electron chi connectivity index (χ2n) is 4.97. The van der Waals surface area contributed by atoms with Crippen LogP contribution in [0.5, 0.6) is 0 Å². The minimum atomic E-state index is -1.10. The number of nitrogens with zero attached hydrogens (tertiary/aromatic N) is 1. The van der Waals surface area contributed by atoms with Crippen molar-refractivity contribution in [3.8, 4) is 11.3 Å². The molecular formula is C15H16N2O3. The number of aromatic nitrogens is 2. The lowest BCUT2D eigenvalue weighted by atomic mass is 9.94. The van der Waals surface area contributed by atoms with Crippen LogP contribution in [-0.2, 0) is 0 Å². The summed E-state index contributed by atoms with van der Waals surface area (Å²) < 4.78 is 0. The van der Waals surface area contributed by atoms with Gasteiger partial charge in [0.05, 0.1) is 5.69 Å². The van der Waals surface area contributed by atoms with Crippen LogP contribution in [0.25, 0.3) is 11.3 Å². The summed E-state index contributed by atoms with van der Waals surface area (Å²) in [7, 11) is 0. The van der Waals surface area contributed by atoms with Crippen molar-refractivity contribution >= 4 is 5.97 Å². The Balaban J connectivity index is 2.89. The Morgan fingerprint density at radius 3 is 2.20 bits per heavy atom. The van der Waals surface area contributed by atoms with E-state index in [0.29, 0.717) is 11.3 Å². The number of aromatic carboxylic acids is 1. The molecule has 2 rings (SSSR count). The quantitative estimate of drug-likeness (QED) is 0.879. The monoisotopic (exact) mass is 272 g/mol. The third-order valence-electron chi connectivity index (χ3n) is 3.25. The number of carboxylic acid groups (broad SMARTS) is 1. The lowest BCUT2D eigenvalue weighted by Gasteiger charge is -2.13. The zero-order chi connectivity index (χ0) is 15.0. The number of carboxylic acids is 1. The van der Waals surface area contributed by atoms with Gasteiger partial charge in [-0.2, -0.15) is 4.98 Å². The van der Waals surface area contributed by atoms with E-state index in [2.05, 4.69) is 9.97 Å². The smallest absolute Gasteiger partial charge is 0.345 e. The molecule has 0 saturated carbocycles. The third-order valence-corrected chi connectivity index (χ3v) is 3.25. The first-order valence-corrected chi connectivity index (χ1v) is 6.23. The van der Waals surface area contributed by atoms with Crippen molar-refractivity contribution < 1.29 is 9.90 Å². The summed E-state index contributed by atoms with van der Waals surface area (Å²) in [4.78, 5) is 29.4. The SMILES string of the molecule is Cc1cc(C)c(-c2nc(=O)[nH]c(C)c2C(=O)O)c(C)c1. The number of rotatable bonds is 2. The summed E-state index contributed by atoms with van der Waals surface area (Å²) in [6.07, 6.45) is 0. The maximum Gasteiger partial charge on any atom is 0.345 e. The predicted octanol–water partition coefficient (Wildman–Crippen LogP) is 2.37. The molecule has 1 aromatic carbocycles. The van der Waals surface area contributed by atoms with E-state index in [0.717, 1.165) is 16.7 Å². The topological polar surface area (TPSA) is 83.0 Å². The largest absolute Gasteiger partial charge is 0.478 e. The molecule has 0 aliphatic rings. The lowest BCUT2D eigenvalue weighted by molar-refractivity contribution is 0.0696. The molecule has 1 aromatic heterocycles. The maximum absolute atomic E-state index is 11.6. The summed E-state index contributed by atoms with van der Waals surface area (Å²) in [5.74, 6) is -1.10. The molecule has 5 heteroatoms.